The van der Waals surface area contributed by atoms with E-state index in [1.54, 1.807) is 26.2 Å². The Kier molecular flexibility index (Phi) is 5.32. The number of carbonyl (C=O) groups excluding carboxylic acids is 1. The Morgan fingerprint density at radius 1 is 1.33 bits per heavy atom. The van der Waals surface area contributed by atoms with Gasteiger partial charge in [-0.2, -0.15) is 0 Å². The van der Waals surface area contributed by atoms with Crippen molar-refractivity contribution >= 4 is 11.9 Å². The van der Waals surface area contributed by atoms with Crippen LogP contribution in [0.1, 0.15) is 22.8 Å². The van der Waals surface area contributed by atoms with Gasteiger partial charge < -0.3 is 15.2 Å². The third-order valence-electron chi connectivity index (χ3n) is 2.53. The summed E-state index contributed by atoms with van der Waals surface area (Å²) in [5.74, 6) is -1.24. The van der Waals surface area contributed by atoms with Crippen molar-refractivity contribution in [1.82, 2.24) is 5.32 Å². The van der Waals surface area contributed by atoms with Crippen molar-refractivity contribution in [3.8, 4) is 0 Å². The first-order valence-corrected chi connectivity index (χ1v) is 5.63. The van der Waals surface area contributed by atoms with Gasteiger partial charge >= 0.3 is 5.97 Å². The summed E-state index contributed by atoms with van der Waals surface area (Å²) in [6, 6.07) is 6.40. The topological polar surface area (TPSA) is 75.6 Å². The highest BCUT2D eigenvalue weighted by atomic mass is 16.5. The Balaban J connectivity index is 2.48. The quantitative estimate of drug-likeness (QED) is 0.798. The van der Waals surface area contributed by atoms with Gasteiger partial charge in [0.05, 0.1) is 18.1 Å². The smallest absolute Gasteiger partial charge is 0.335 e. The van der Waals surface area contributed by atoms with Crippen molar-refractivity contribution in [2.45, 2.75) is 13.5 Å². The van der Waals surface area contributed by atoms with Crippen LogP contribution in [0.5, 0.6) is 0 Å². The molecule has 1 atom stereocenters. The highest BCUT2D eigenvalue weighted by Gasteiger charge is 2.11. The van der Waals surface area contributed by atoms with Gasteiger partial charge in [-0.05, 0) is 17.7 Å². The number of benzene rings is 1. The van der Waals surface area contributed by atoms with Crippen molar-refractivity contribution in [1.29, 1.82) is 0 Å². The number of nitrogens with one attached hydrogen (secondary N) is 1. The first kappa shape index (κ1) is 14.2. The van der Waals surface area contributed by atoms with E-state index in [1.807, 2.05) is 0 Å². The SMILES string of the molecule is COCC(C)C(=O)NCc1ccc(C(=O)O)cc1. The largest absolute Gasteiger partial charge is 0.478 e. The minimum Gasteiger partial charge on any atom is -0.478 e. The predicted octanol–water partition coefficient (Wildman–Crippen LogP) is 1.28. The lowest BCUT2D eigenvalue weighted by Crippen LogP contribution is -2.30. The van der Waals surface area contributed by atoms with Crippen molar-refractivity contribution < 1.29 is 19.4 Å². The van der Waals surface area contributed by atoms with E-state index in [4.69, 9.17) is 9.84 Å². The normalized spacial score (nSPS) is 11.9. The molecule has 1 aromatic rings. The number of carboxylic acid groups (broad SMARTS) is 1. The fourth-order valence-electron chi connectivity index (χ4n) is 1.45. The Bertz CT molecular complexity index is 414. The van der Waals surface area contributed by atoms with Gasteiger partial charge in [-0.1, -0.05) is 19.1 Å². The number of rotatable bonds is 6. The van der Waals surface area contributed by atoms with Gasteiger partial charge in [0.15, 0.2) is 0 Å². The van der Waals surface area contributed by atoms with Crippen LogP contribution in [0, 0.1) is 5.92 Å². The molecule has 0 fully saturated rings. The maximum Gasteiger partial charge on any atom is 0.335 e. The average Bonchev–Trinajstić information content (AvgIpc) is 2.36. The lowest BCUT2D eigenvalue weighted by molar-refractivity contribution is -0.126. The van der Waals surface area contributed by atoms with Gasteiger partial charge in [0.2, 0.25) is 5.91 Å². The molecule has 0 heterocycles. The number of methoxy groups -OCH3 is 1. The summed E-state index contributed by atoms with van der Waals surface area (Å²) in [4.78, 5) is 22.3. The van der Waals surface area contributed by atoms with Crippen molar-refractivity contribution in [3.63, 3.8) is 0 Å². The number of ether oxygens (including phenoxy) is 1. The van der Waals surface area contributed by atoms with E-state index in [2.05, 4.69) is 5.32 Å². The second-order valence-electron chi connectivity index (χ2n) is 4.08. The molecule has 1 rings (SSSR count). The van der Waals surface area contributed by atoms with Crippen LogP contribution >= 0.6 is 0 Å². The van der Waals surface area contributed by atoms with E-state index < -0.39 is 5.97 Å². The standard InChI is InChI=1S/C13H17NO4/c1-9(8-18-2)12(15)14-7-10-3-5-11(6-4-10)13(16)17/h3-6,9H,7-8H2,1-2H3,(H,14,15)(H,16,17). The van der Waals surface area contributed by atoms with Crippen LogP contribution in [0.25, 0.3) is 0 Å². The molecule has 0 spiro atoms. The van der Waals surface area contributed by atoms with Gasteiger partial charge in [0, 0.05) is 13.7 Å². The van der Waals surface area contributed by atoms with Crippen LogP contribution in [-0.4, -0.2) is 30.7 Å². The molecule has 0 saturated carbocycles. The Labute approximate surface area is 106 Å². The second-order valence-corrected chi connectivity index (χ2v) is 4.08. The molecule has 5 nitrogen and oxygen atoms in total. The fourth-order valence-corrected chi connectivity index (χ4v) is 1.45. The van der Waals surface area contributed by atoms with E-state index in [0.29, 0.717) is 13.2 Å². The number of carboxylic acids is 1. The molecular weight excluding hydrogens is 234 g/mol. The summed E-state index contributed by atoms with van der Waals surface area (Å²) in [7, 11) is 1.55. The summed E-state index contributed by atoms with van der Waals surface area (Å²) in [5, 5.41) is 11.5. The van der Waals surface area contributed by atoms with Gasteiger partial charge in [0.25, 0.3) is 0 Å². The van der Waals surface area contributed by atoms with Crippen LogP contribution < -0.4 is 5.32 Å². The molecule has 1 amide bonds. The van der Waals surface area contributed by atoms with Crippen molar-refractivity contribution in [2.24, 2.45) is 5.92 Å². The Morgan fingerprint density at radius 2 is 1.94 bits per heavy atom. The zero-order valence-corrected chi connectivity index (χ0v) is 10.5. The van der Waals surface area contributed by atoms with Gasteiger partial charge in [0.1, 0.15) is 0 Å². The molecule has 0 aliphatic rings. The first-order chi connectivity index (χ1) is 8.54. The molecule has 5 heteroatoms. The highest BCUT2D eigenvalue weighted by Crippen LogP contribution is 2.05. The van der Waals surface area contributed by atoms with E-state index in [-0.39, 0.29) is 17.4 Å². The summed E-state index contributed by atoms with van der Waals surface area (Å²) < 4.78 is 4.89. The summed E-state index contributed by atoms with van der Waals surface area (Å²) >= 11 is 0. The van der Waals surface area contributed by atoms with Crippen LogP contribution in [0.15, 0.2) is 24.3 Å². The number of carbonyl (C=O) groups is 2. The molecule has 18 heavy (non-hydrogen) atoms. The molecule has 1 aromatic carbocycles. The number of hydrogen-bond acceptors (Lipinski definition) is 3. The molecule has 0 radical (unpaired) electrons. The van der Waals surface area contributed by atoms with E-state index in [0.717, 1.165) is 5.56 Å². The minimum absolute atomic E-state index is 0.0841. The molecule has 0 saturated heterocycles. The van der Waals surface area contributed by atoms with Crippen LogP contribution in [-0.2, 0) is 16.1 Å². The lowest BCUT2D eigenvalue weighted by atomic mass is 10.1. The third kappa shape index (κ3) is 4.18. The monoisotopic (exact) mass is 251 g/mol. The van der Waals surface area contributed by atoms with Gasteiger partial charge in [-0.3, -0.25) is 4.79 Å². The Morgan fingerprint density at radius 3 is 2.44 bits per heavy atom. The van der Waals surface area contributed by atoms with Crippen molar-refractivity contribution in [2.75, 3.05) is 13.7 Å². The third-order valence-corrected chi connectivity index (χ3v) is 2.53. The van der Waals surface area contributed by atoms with E-state index >= 15 is 0 Å². The van der Waals surface area contributed by atoms with Gasteiger partial charge in [-0.15, -0.1) is 0 Å². The number of amides is 1. The average molecular weight is 251 g/mol. The second kappa shape index (κ2) is 6.76. The zero-order chi connectivity index (χ0) is 13.5. The van der Waals surface area contributed by atoms with Gasteiger partial charge in [-0.25, -0.2) is 4.79 Å². The fraction of sp³-hybridized carbons (Fsp3) is 0.385. The van der Waals surface area contributed by atoms with Crippen molar-refractivity contribution in [3.05, 3.63) is 35.4 Å². The van der Waals surface area contributed by atoms with E-state index in [9.17, 15) is 9.59 Å². The molecule has 0 aliphatic heterocycles. The molecule has 98 valence electrons. The summed E-state index contributed by atoms with van der Waals surface area (Å²) in [6.07, 6.45) is 0. The maximum absolute atomic E-state index is 11.6. The summed E-state index contributed by atoms with van der Waals surface area (Å²) in [6.45, 7) is 2.54. The number of aromatic carboxylic acids is 1. The lowest BCUT2D eigenvalue weighted by Gasteiger charge is -2.11. The first-order valence-electron chi connectivity index (χ1n) is 5.63. The van der Waals surface area contributed by atoms with Crippen LogP contribution in [0.4, 0.5) is 0 Å². The molecular formula is C13H17NO4. The maximum atomic E-state index is 11.6. The van der Waals surface area contributed by atoms with E-state index in [1.165, 1.54) is 12.1 Å². The minimum atomic E-state index is -0.959. The molecule has 0 bridgehead atoms. The zero-order valence-electron chi connectivity index (χ0n) is 10.5. The highest BCUT2D eigenvalue weighted by molar-refractivity contribution is 5.87. The molecule has 2 N–H and O–H groups in total. The molecule has 0 aromatic heterocycles. The Hall–Kier alpha value is -1.88. The predicted molar refractivity (Wildman–Crippen MR) is 66.3 cm³/mol. The van der Waals surface area contributed by atoms with Crippen LogP contribution in [0.3, 0.4) is 0 Å². The molecule has 1 unspecified atom stereocenters. The number of hydrogen-bond donors (Lipinski definition) is 2. The molecule has 0 aliphatic carbocycles. The van der Waals surface area contributed by atoms with Crippen LogP contribution in [0.2, 0.25) is 0 Å². The summed E-state index contributed by atoms with van der Waals surface area (Å²) in [5.41, 5.74) is 1.09.